The third-order valence-electron chi connectivity index (χ3n) is 4.01. The lowest BCUT2D eigenvalue weighted by Crippen LogP contribution is -2.30. The maximum Gasteiger partial charge on any atom is 0.274 e. The molecule has 5 heteroatoms. The first-order chi connectivity index (χ1) is 12.0. The van der Waals surface area contributed by atoms with Gasteiger partial charge in [0.15, 0.2) is 0 Å². The summed E-state index contributed by atoms with van der Waals surface area (Å²) in [5.41, 5.74) is 3.34. The fourth-order valence-corrected chi connectivity index (χ4v) is 2.59. The van der Waals surface area contributed by atoms with E-state index in [1.54, 1.807) is 11.9 Å². The standard InChI is InChI=1S/C20H19N3O2/c1-22(20(25)18-12-13-19(24)23(2)21-18)14-15-8-10-17(11-9-15)16-6-4-3-5-7-16/h3-13H,14H2,1-2H3. The second-order valence-corrected chi connectivity index (χ2v) is 5.90. The molecule has 0 aliphatic heterocycles. The van der Waals surface area contributed by atoms with Crippen molar-refractivity contribution in [2.75, 3.05) is 7.05 Å². The van der Waals surface area contributed by atoms with E-state index in [0.717, 1.165) is 21.4 Å². The molecule has 0 N–H and O–H groups in total. The van der Waals surface area contributed by atoms with E-state index in [4.69, 9.17) is 0 Å². The van der Waals surface area contributed by atoms with Crippen LogP contribution in [0.25, 0.3) is 11.1 Å². The molecule has 0 aliphatic carbocycles. The van der Waals surface area contributed by atoms with Crippen molar-refractivity contribution in [2.24, 2.45) is 7.05 Å². The maximum absolute atomic E-state index is 12.4. The van der Waals surface area contributed by atoms with Crippen molar-refractivity contribution in [2.45, 2.75) is 6.54 Å². The van der Waals surface area contributed by atoms with Crippen LogP contribution in [0.2, 0.25) is 0 Å². The van der Waals surface area contributed by atoms with Gasteiger partial charge in [-0.15, -0.1) is 0 Å². The Morgan fingerprint density at radius 1 is 0.960 bits per heavy atom. The lowest BCUT2D eigenvalue weighted by molar-refractivity contribution is 0.0776. The van der Waals surface area contributed by atoms with Crippen molar-refractivity contribution < 1.29 is 4.79 Å². The van der Waals surface area contributed by atoms with Gasteiger partial charge >= 0.3 is 0 Å². The number of aryl methyl sites for hydroxylation is 1. The summed E-state index contributed by atoms with van der Waals surface area (Å²) in [5, 5.41) is 4.00. The van der Waals surface area contributed by atoms with Crippen LogP contribution in [-0.2, 0) is 13.6 Å². The van der Waals surface area contributed by atoms with Gasteiger partial charge in [0.2, 0.25) is 0 Å². The Balaban J connectivity index is 1.72. The molecule has 0 radical (unpaired) electrons. The monoisotopic (exact) mass is 333 g/mol. The van der Waals surface area contributed by atoms with Crippen molar-refractivity contribution in [1.82, 2.24) is 14.7 Å². The summed E-state index contributed by atoms with van der Waals surface area (Å²) in [6.07, 6.45) is 0. The van der Waals surface area contributed by atoms with E-state index in [9.17, 15) is 9.59 Å². The van der Waals surface area contributed by atoms with Crippen LogP contribution in [0, 0.1) is 0 Å². The summed E-state index contributed by atoms with van der Waals surface area (Å²) >= 11 is 0. The van der Waals surface area contributed by atoms with E-state index in [1.165, 1.54) is 19.2 Å². The topological polar surface area (TPSA) is 55.2 Å². The molecule has 1 amide bonds. The van der Waals surface area contributed by atoms with Gasteiger partial charge in [0.25, 0.3) is 11.5 Å². The molecule has 0 saturated heterocycles. The molecule has 0 saturated carbocycles. The Bertz CT molecular complexity index is 931. The predicted molar refractivity (Wildman–Crippen MR) is 97.2 cm³/mol. The fourth-order valence-electron chi connectivity index (χ4n) is 2.59. The molecule has 0 spiro atoms. The van der Waals surface area contributed by atoms with Gasteiger partial charge < -0.3 is 4.90 Å². The number of hydrogen-bond donors (Lipinski definition) is 0. The van der Waals surface area contributed by atoms with Gasteiger partial charge in [-0.25, -0.2) is 4.68 Å². The van der Waals surface area contributed by atoms with E-state index in [0.29, 0.717) is 6.54 Å². The number of aromatic nitrogens is 2. The van der Waals surface area contributed by atoms with Crippen LogP contribution < -0.4 is 5.56 Å². The second-order valence-electron chi connectivity index (χ2n) is 5.90. The molecule has 126 valence electrons. The zero-order valence-electron chi connectivity index (χ0n) is 14.2. The quantitative estimate of drug-likeness (QED) is 0.738. The van der Waals surface area contributed by atoms with Gasteiger partial charge in [-0.3, -0.25) is 9.59 Å². The summed E-state index contributed by atoms with van der Waals surface area (Å²) in [7, 11) is 3.25. The summed E-state index contributed by atoms with van der Waals surface area (Å²) in [5.74, 6) is -0.220. The Morgan fingerprint density at radius 2 is 1.60 bits per heavy atom. The molecular formula is C20H19N3O2. The van der Waals surface area contributed by atoms with Gasteiger partial charge in [-0.05, 0) is 22.8 Å². The molecule has 5 nitrogen and oxygen atoms in total. The Kier molecular flexibility index (Phi) is 4.75. The van der Waals surface area contributed by atoms with Crippen molar-refractivity contribution >= 4 is 5.91 Å². The van der Waals surface area contributed by atoms with Crippen LogP contribution in [0.3, 0.4) is 0 Å². The lowest BCUT2D eigenvalue weighted by Gasteiger charge is -2.17. The van der Waals surface area contributed by atoms with Gasteiger partial charge in [0.1, 0.15) is 5.69 Å². The van der Waals surface area contributed by atoms with Crippen molar-refractivity contribution in [3.8, 4) is 11.1 Å². The lowest BCUT2D eigenvalue weighted by atomic mass is 10.0. The minimum Gasteiger partial charge on any atom is -0.336 e. The third kappa shape index (κ3) is 3.83. The number of carbonyl (C=O) groups excluding carboxylic acids is 1. The predicted octanol–water partition coefficient (Wildman–Crippen LogP) is 2.72. The number of nitrogens with zero attached hydrogens (tertiary/aromatic N) is 3. The van der Waals surface area contributed by atoms with E-state index >= 15 is 0 Å². The summed E-state index contributed by atoms with van der Waals surface area (Å²) in [4.78, 5) is 25.4. The summed E-state index contributed by atoms with van der Waals surface area (Å²) in [6.45, 7) is 0.471. The average molecular weight is 333 g/mol. The number of rotatable bonds is 4. The van der Waals surface area contributed by atoms with Gasteiger partial charge in [0, 0.05) is 26.7 Å². The summed E-state index contributed by atoms with van der Waals surface area (Å²) < 4.78 is 1.16. The molecule has 0 unspecified atom stereocenters. The van der Waals surface area contributed by atoms with E-state index in [2.05, 4.69) is 17.2 Å². The highest BCUT2D eigenvalue weighted by Crippen LogP contribution is 2.19. The van der Waals surface area contributed by atoms with Crippen molar-refractivity contribution in [1.29, 1.82) is 0 Å². The molecular weight excluding hydrogens is 314 g/mol. The molecule has 1 aromatic heterocycles. The van der Waals surface area contributed by atoms with Crippen LogP contribution in [0.1, 0.15) is 16.1 Å². The Morgan fingerprint density at radius 3 is 2.24 bits per heavy atom. The van der Waals surface area contributed by atoms with Crippen LogP contribution in [0.4, 0.5) is 0 Å². The largest absolute Gasteiger partial charge is 0.336 e. The molecule has 0 fully saturated rings. The third-order valence-corrected chi connectivity index (χ3v) is 4.01. The van der Waals surface area contributed by atoms with Crippen LogP contribution in [0.15, 0.2) is 71.5 Å². The minimum absolute atomic E-state index is 0.220. The second kappa shape index (κ2) is 7.13. The first-order valence-electron chi connectivity index (χ1n) is 7.99. The Labute approximate surface area is 146 Å². The number of carbonyl (C=O) groups is 1. The number of hydrogen-bond acceptors (Lipinski definition) is 3. The smallest absolute Gasteiger partial charge is 0.274 e. The molecule has 0 aliphatic rings. The molecule has 3 aromatic rings. The first kappa shape index (κ1) is 16.6. The first-order valence-corrected chi connectivity index (χ1v) is 7.99. The molecule has 0 bridgehead atoms. The van der Waals surface area contributed by atoms with E-state index in [-0.39, 0.29) is 17.2 Å². The highest BCUT2D eigenvalue weighted by atomic mass is 16.2. The van der Waals surface area contributed by atoms with Gasteiger partial charge in [-0.1, -0.05) is 54.6 Å². The van der Waals surface area contributed by atoms with Crippen LogP contribution in [0.5, 0.6) is 0 Å². The highest BCUT2D eigenvalue weighted by molar-refractivity contribution is 5.91. The number of amides is 1. The molecule has 2 aromatic carbocycles. The molecule has 1 heterocycles. The molecule has 3 rings (SSSR count). The Hall–Kier alpha value is -3.21. The van der Waals surface area contributed by atoms with E-state index < -0.39 is 0 Å². The SMILES string of the molecule is CN(Cc1ccc(-c2ccccc2)cc1)C(=O)c1ccc(=O)n(C)n1. The summed E-state index contributed by atoms with van der Waals surface area (Å²) in [6, 6.07) is 21.1. The fraction of sp³-hybridized carbons (Fsp3) is 0.150. The molecule has 25 heavy (non-hydrogen) atoms. The van der Waals surface area contributed by atoms with Crippen molar-refractivity contribution in [3.05, 3.63) is 88.3 Å². The zero-order chi connectivity index (χ0) is 17.8. The van der Waals surface area contributed by atoms with Crippen molar-refractivity contribution in [3.63, 3.8) is 0 Å². The van der Waals surface area contributed by atoms with Gasteiger partial charge in [0.05, 0.1) is 0 Å². The normalized spacial score (nSPS) is 10.5. The van der Waals surface area contributed by atoms with Crippen LogP contribution >= 0.6 is 0 Å². The van der Waals surface area contributed by atoms with E-state index in [1.807, 2.05) is 42.5 Å². The maximum atomic E-state index is 12.4. The average Bonchev–Trinajstić information content (AvgIpc) is 2.64. The highest BCUT2D eigenvalue weighted by Gasteiger charge is 2.14. The number of benzene rings is 2. The zero-order valence-corrected chi connectivity index (χ0v) is 14.2. The van der Waals surface area contributed by atoms with Gasteiger partial charge in [-0.2, -0.15) is 5.10 Å². The van der Waals surface area contributed by atoms with Crippen LogP contribution in [-0.4, -0.2) is 27.6 Å². The minimum atomic E-state index is -0.240. The molecule has 0 atom stereocenters.